The summed E-state index contributed by atoms with van der Waals surface area (Å²) >= 11 is 0. The third kappa shape index (κ3) is 2.74. The number of hydrogen-bond donors (Lipinski definition) is 1. The van der Waals surface area contributed by atoms with Gasteiger partial charge in [-0.15, -0.1) is 0 Å². The number of amides is 3. The molecule has 146 valence electrons. The molecule has 1 saturated heterocycles. The van der Waals surface area contributed by atoms with Crippen molar-refractivity contribution in [1.82, 2.24) is 14.4 Å². The SMILES string of the molecule is Cc1c[n+]2c(n1CCCNc1ccccc1F)N=C1C2C(=O)N(C)C(=O)N1C. The van der Waals surface area contributed by atoms with E-state index in [0.717, 1.165) is 17.0 Å². The first-order chi connectivity index (χ1) is 13.4. The van der Waals surface area contributed by atoms with Crippen LogP contribution in [0.5, 0.6) is 0 Å². The van der Waals surface area contributed by atoms with E-state index in [9.17, 15) is 14.0 Å². The lowest BCUT2D eigenvalue weighted by molar-refractivity contribution is -0.677. The zero-order chi connectivity index (χ0) is 20.0. The van der Waals surface area contributed by atoms with E-state index in [4.69, 9.17) is 0 Å². The van der Waals surface area contributed by atoms with Gasteiger partial charge in [-0.05, 0) is 25.5 Å². The van der Waals surface area contributed by atoms with Crippen LogP contribution in [0.4, 0.5) is 20.8 Å². The number of rotatable bonds is 5. The van der Waals surface area contributed by atoms with E-state index in [-0.39, 0.29) is 17.8 Å². The Labute approximate surface area is 161 Å². The molecule has 9 heteroatoms. The molecule has 0 aliphatic carbocycles. The standard InChI is InChI=1S/C19H22FN6O2/c1-12-11-26-15-16(23(2)19(28)24(3)17(15)27)22-18(26)25(12)10-6-9-21-14-8-5-4-7-13(14)20/h4-5,7-8,11,15,21H,6,9-10H2,1-3H3/q+1. The number of anilines is 1. The van der Waals surface area contributed by atoms with E-state index < -0.39 is 6.04 Å². The highest BCUT2D eigenvalue weighted by molar-refractivity contribution is 6.18. The molecule has 3 heterocycles. The maximum absolute atomic E-state index is 13.7. The highest BCUT2D eigenvalue weighted by atomic mass is 19.1. The second kappa shape index (κ2) is 6.74. The number of para-hydroxylation sites is 1. The van der Waals surface area contributed by atoms with Crippen LogP contribution >= 0.6 is 0 Å². The summed E-state index contributed by atoms with van der Waals surface area (Å²) in [5, 5.41) is 3.09. The molecule has 2 aliphatic heterocycles. The van der Waals surface area contributed by atoms with Crippen LogP contribution in [0, 0.1) is 12.7 Å². The Kier molecular flexibility index (Phi) is 4.37. The van der Waals surface area contributed by atoms with Crippen LogP contribution < -0.4 is 9.88 Å². The highest BCUT2D eigenvalue weighted by Gasteiger charge is 2.52. The average Bonchev–Trinajstić information content (AvgIpc) is 3.18. The minimum absolute atomic E-state index is 0.276. The molecule has 3 amide bonds. The third-order valence-electron chi connectivity index (χ3n) is 5.19. The fourth-order valence-electron chi connectivity index (χ4n) is 3.65. The molecule has 0 saturated carbocycles. The molecule has 28 heavy (non-hydrogen) atoms. The summed E-state index contributed by atoms with van der Waals surface area (Å²) in [5.41, 5.74) is 1.45. The number of nitrogens with zero attached hydrogens (tertiary/aromatic N) is 5. The first kappa shape index (κ1) is 18.1. The number of carbonyl (C=O) groups excluding carboxylic acids is 2. The van der Waals surface area contributed by atoms with Crippen molar-refractivity contribution in [2.45, 2.75) is 25.9 Å². The molecule has 1 unspecified atom stereocenters. The van der Waals surface area contributed by atoms with Crippen molar-refractivity contribution >= 4 is 29.4 Å². The number of likely N-dealkylation sites (N-methyl/N-ethyl adjacent to an activating group) is 2. The monoisotopic (exact) mass is 385 g/mol. The first-order valence-electron chi connectivity index (χ1n) is 9.13. The van der Waals surface area contributed by atoms with Gasteiger partial charge in [0.1, 0.15) is 17.7 Å². The van der Waals surface area contributed by atoms with E-state index in [0.29, 0.717) is 30.6 Å². The van der Waals surface area contributed by atoms with Crippen molar-refractivity contribution in [2.24, 2.45) is 4.99 Å². The predicted octanol–water partition coefficient (Wildman–Crippen LogP) is 1.83. The maximum Gasteiger partial charge on any atom is 0.401 e. The first-order valence-corrected chi connectivity index (χ1v) is 9.13. The molecular weight excluding hydrogens is 363 g/mol. The second-order valence-electron chi connectivity index (χ2n) is 7.00. The number of nitrogens with one attached hydrogen (secondary N) is 1. The largest absolute Gasteiger partial charge is 0.401 e. The highest BCUT2D eigenvalue weighted by Crippen LogP contribution is 2.28. The van der Waals surface area contributed by atoms with Gasteiger partial charge >= 0.3 is 12.0 Å². The summed E-state index contributed by atoms with van der Waals surface area (Å²) in [6.45, 7) is 3.20. The van der Waals surface area contributed by atoms with Gasteiger partial charge in [-0.2, -0.15) is 0 Å². The Morgan fingerprint density at radius 3 is 2.71 bits per heavy atom. The van der Waals surface area contributed by atoms with E-state index >= 15 is 0 Å². The van der Waals surface area contributed by atoms with Gasteiger partial charge < -0.3 is 5.32 Å². The Morgan fingerprint density at radius 1 is 1.21 bits per heavy atom. The van der Waals surface area contributed by atoms with Crippen molar-refractivity contribution in [1.29, 1.82) is 0 Å². The molecule has 2 aromatic rings. The van der Waals surface area contributed by atoms with Gasteiger partial charge in [-0.3, -0.25) is 14.6 Å². The number of halogens is 1. The van der Waals surface area contributed by atoms with Crippen molar-refractivity contribution in [2.75, 3.05) is 26.0 Å². The van der Waals surface area contributed by atoms with Gasteiger partial charge in [0.2, 0.25) is 11.9 Å². The molecule has 1 aromatic heterocycles. The smallest absolute Gasteiger partial charge is 0.383 e. The topological polar surface area (TPSA) is 73.8 Å². The minimum atomic E-state index is -0.612. The van der Waals surface area contributed by atoms with Crippen LogP contribution in [0.1, 0.15) is 18.2 Å². The van der Waals surface area contributed by atoms with Gasteiger partial charge in [0, 0.05) is 20.6 Å². The normalized spacial score (nSPS) is 18.3. The Bertz CT molecular complexity index is 998. The van der Waals surface area contributed by atoms with Gasteiger partial charge in [0.25, 0.3) is 5.91 Å². The predicted molar refractivity (Wildman–Crippen MR) is 101 cm³/mol. The number of amidine groups is 1. The maximum atomic E-state index is 13.7. The molecular formula is C19H22FN6O2+. The lowest BCUT2D eigenvalue weighted by Gasteiger charge is -2.30. The Balaban J connectivity index is 1.51. The van der Waals surface area contributed by atoms with Gasteiger partial charge in [0.05, 0.1) is 12.2 Å². The number of aliphatic imine (C=N–C) groups is 1. The number of imidazole rings is 1. The number of urea groups is 1. The van der Waals surface area contributed by atoms with Crippen molar-refractivity contribution in [3.8, 4) is 0 Å². The molecule has 2 aliphatic rings. The van der Waals surface area contributed by atoms with E-state index in [2.05, 4.69) is 10.3 Å². The summed E-state index contributed by atoms with van der Waals surface area (Å²) in [6.07, 6.45) is 2.63. The van der Waals surface area contributed by atoms with Crippen molar-refractivity contribution < 1.29 is 18.5 Å². The third-order valence-corrected chi connectivity index (χ3v) is 5.19. The summed E-state index contributed by atoms with van der Waals surface area (Å²) in [5.74, 6) is 0.527. The molecule has 0 bridgehead atoms. The molecule has 1 aromatic carbocycles. The number of aryl methyl sites for hydroxylation is 1. The lowest BCUT2D eigenvalue weighted by atomic mass is 10.2. The second-order valence-corrected chi connectivity index (χ2v) is 7.00. The summed E-state index contributed by atoms with van der Waals surface area (Å²) in [4.78, 5) is 31.9. The number of hydrogen-bond acceptors (Lipinski definition) is 4. The number of benzene rings is 1. The zero-order valence-electron chi connectivity index (χ0n) is 16.0. The minimum Gasteiger partial charge on any atom is -0.383 e. The number of carbonyl (C=O) groups is 2. The molecule has 0 spiro atoms. The molecule has 8 nitrogen and oxygen atoms in total. The summed E-state index contributed by atoms with van der Waals surface area (Å²) in [6, 6.07) is 5.57. The quantitative estimate of drug-likeness (QED) is 0.630. The van der Waals surface area contributed by atoms with E-state index in [1.165, 1.54) is 18.0 Å². The Hall–Kier alpha value is -3.23. The van der Waals surface area contributed by atoms with Gasteiger partial charge in [0.15, 0.2) is 0 Å². The summed E-state index contributed by atoms with van der Waals surface area (Å²) < 4.78 is 17.5. The molecule has 1 N–H and O–H groups in total. The lowest BCUT2D eigenvalue weighted by Crippen LogP contribution is -2.61. The molecule has 0 radical (unpaired) electrons. The zero-order valence-corrected chi connectivity index (χ0v) is 16.0. The van der Waals surface area contributed by atoms with Crippen molar-refractivity contribution in [3.05, 3.63) is 42.0 Å². The molecule has 1 atom stereocenters. The van der Waals surface area contributed by atoms with Crippen LogP contribution in [-0.2, 0) is 11.3 Å². The summed E-state index contributed by atoms with van der Waals surface area (Å²) in [7, 11) is 3.10. The van der Waals surface area contributed by atoms with E-state index in [1.54, 1.807) is 25.2 Å². The van der Waals surface area contributed by atoms with Crippen LogP contribution in [0.25, 0.3) is 0 Å². The fraction of sp³-hybridized carbons (Fsp3) is 0.368. The van der Waals surface area contributed by atoms with Gasteiger partial charge in [-0.1, -0.05) is 17.1 Å². The molecule has 1 fully saturated rings. The van der Waals surface area contributed by atoms with Crippen LogP contribution in [0.15, 0.2) is 35.5 Å². The Morgan fingerprint density at radius 2 is 1.96 bits per heavy atom. The number of aromatic nitrogens is 2. The van der Waals surface area contributed by atoms with Crippen LogP contribution in [0.2, 0.25) is 0 Å². The van der Waals surface area contributed by atoms with Crippen molar-refractivity contribution in [3.63, 3.8) is 0 Å². The van der Waals surface area contributed by atoms with E-state index in [1.807, 2.05) is 22.3 Å². The van der Waals surface area contributed by atoms with Gasteiger partial charge in [-0.25, -0.2) is 18.3 Å². The van der Waals surface area contributed by atoms with Crippen LogP contribution in [-0.4, -0.2) is 52.8 Å². The fourth-order valence-corrected chi connectivity index (χ4v) is 3.65. The number of imide groups is 1. The average molecular weight is 385 g/mol. The van der Waals surface area contributed by atoms with Crippen LogP contribution in [0.3, 0.4) is 0 Å². The molecule has 4 rings (SSSR count). The number of fused-ring (bicyclic) bond motifs is 3.